The highest BCUT2D eigenvalue weighted by atomic mass is 35.5. The van der Waals surface area contributed by atoms with Crippen LogP contribution in [0.2, 0.25) is 10.0 Å². The van der Waals surface area contributed by atoms with Crippen LogP contribution >= 0.6 is 23.2 Å². The summed E-state index contributed by atoms with van der Waals surface area (Å²) in [7, 11) is 0. The number of halogens is 2. The van der Waals surface area contributed by atoms with Crippen molar-refractivity contribution >= 4 is 46.9 Å². The van der Waals surface area contributed by atoms with Crippen LogP contribution in [0.3, 0.4) is 0 Å². The zero-order valence-electron chi connectivity index (χ0n) is 13.8. The van der Waals surface area contributed by atoms with E-state index in [1.165, 1.54) is 19.1 Å². The van der Waals surface area contributed by atoms with Gasteiger partial charge in [-0.1, -0.05) is 34.4 Å². The molecule has 0 saturated carbocycles. The predicted molar refractivity (Wildman–Crippen MR) is 93.9 cm³/mol. The fourth-order valence-electron chi connectivity index (χ4n) is 2.67. The number of anilines is 1. The highest BCUT2D eigenvalue weighted by molar-refractivity contribution is 6.35. The van der Waals surface area contributed by atoms with Crippen LogP contribution in [0.5, 0.6) is 0 Å². The van der Waals surface area contributed by atoms with Crippen LogP contribution in [-0.4, -0.2) is 34.4 Å². The molecule has 1 aromatic carbocycles. The Kier molecular flexibility index (Phi) is 4.64. The van der Waals surface area contributed by atoms with Crippen molar-refractivity contribution in [2.24, 2.45) is 0 Å². The number of hydrogen-bond donors (Lipinski definition) is 2. The first kappa shape index (κ1) is 18.2. The Bertz CT molecular complexity index is 913. The Morgan fingerprint density at radius 2 is 2.08 bits per heavy atom. The molecular weight excluding hydrogens is 383 g/mol. The number of nitrogens with zero attached hydrogens (tertiary/aromatic N) is 2. The number of carbonyl (C=O) groups excluding carboxylic acids is 3. The molecule has 1 aromatic heterocycles. The Balaban J connectivity index is 1.79. The monoisotopic (exact) mass is 396 g/mol. The Hall–Kier alpha value is -2.58. The maximum Gasteiger partial charge on any atom is 0.325 e. The number of rotatable bonds is 4. The highest BCUT2D eigenvalue weighted by Crippen LogP contribution is 2.34. The van der Waals surface area contributed by atoms with Crippen LogP contribution in [0.15, 0.2) is 28.8 Å². The number of nitrogens with one attached hydrogen (secondary N) is 2. The standard InChI is InChI=1S/C16H14Cl2N4O4/c1-8-5-12(21-26-8)19-13(23)7-22-14(24)16(2,20-15(22)25)10-4-3-9(17)6-11(10)18/h3-6H,7H2,1-2H3,(H,20,25)(H,19,21,23)/t16-/m0/s1. The maximum atomic E-state index is 12.8. The van der Waals surface area contributed by atoms with E-state index in [9.17, 15) is 14.4 Å². The van der Waals surface area contributed by atoms with E-state index in [0.717, 1.165) is 4.90 Å². The van der Waals surface area contributed by atoms with Crippen LogP contribution in [0, 0.1) is 6.92 Å². The van der Waals surface area contributed by atoms with Gasteiger partial charge in [0.2, 0.25) is 5.91 Å². The fourth-order valence-corrected chi connectivity index (χ4v) is 3.27. The molecule has 26 heavy (non-hydrogen) atoms. The van der Waals surface area contributed by atoms with E-state index in [4.69, 9.17) is 27.7 Å². The van der Waals surface area contributed by atoms with Crippen LogP contribution in [0.25, 0.3) is 0 Å². The topological polar surface area (TPSA) is 105 Å². The molecule has 0 radical (unpaired) electrons. The Labute approximate surface area is 158 Å². The van der Waals surface area contributed by atoms with Gasteiger partial charge in [0, 0.05) is 21.7 Å². The number of hydrogen-bond acceptors (Lipinski definition) is 5. The van der Waals surface area contributed by atoms with Gasteiger partial charge in [0.1, 0.15) is 17.8 Å². The second kappa shape index (κ2) is 6.62. The third-order valence-electron chi connectivity index (χ3n) is 3.94. The van der Waals surface area contributed by atoms with E-state index < -0.39 is 29.9 Å². The quantitative estimate of drug-likeness (QED) is 0.772. The summed E-state index contributed by atoms with van der Waals surface area (Å²) in [6, 6.07) is 5.42. The number of carbonyl (C=O) groups is 3. The third kappa shape index (κ3) is 3.25. The fraction of sp³-hybridized carbons (Fsp3) is 0.250. The zero-order chi connectivity index (χ0) is 19.1. The summed E-state index contributed by atoms with van der Waals surface area (Å²) in [5.74, 6) is -0.477. The lowest BCUT2D eigenvalue weighted by Crippen LogP contribution is -2.42. The number of benzene rings is 1. The molecule has 8 nitrogen and oxygen atoms in total. The first-order valence-electron chi connectivity index (χ1n) is 7.53. The molecule has 2 N–H and O–H groups in total. The SMILES string of the molecule is Cc1cc(NC(=O)CN2C(=O)N[C@@](C)(c3ccc(Cl)cc3Cl)C2=O)no1. The zero-order valence-corrected chi connectivity index (χ0v) is 15.3. The molecule has 1 atom stereocenters. The van der Waals surface area contributed by atoms with Crippen molar-refractivity contribution in [2.75, 3.05) is 11.9 Å². The highest BCUT2D eigenvalue weighted by Gasteiger charge is 2.50. The molecule has 0 spiro atoms. The van der Waals surface area contributed by atoms with Gasteiger partial charge in [-0.25, -0.2) is 4.79 Å². The Morgan fingerprint density at radius 3 is 2.69 bits per heavy atom. The van der Waals surface area contributed by atoms with Gasteiger partial charge in [0.15, 0.2) is 5.82 Å². The predicted octanol–water partition coefficient (Wildman–Crippen LogP) is 2.70. The summed E-state index contributed by atoms with van der Waals surface area (Å²) in [5, 5.41) is 9.29. The molecule has 0 unspecified atom stereocenters. The second-order valence-corrected chi connectivity index (χ2v) is 6.79. The lowest BCUT2D eigenvalue weighted by molar-refractivity contribution is -0.133. The van der Waals surface area contributed by atoms with Crippen molar-refractivity contribution in [1.29, 1.82) is 0 Å². The molecule has 1 saturated heterocycles. The van der Waals surface area contributed by atoms with Crippen molar-refractivity contribution in [1.82, 2.24) is 15.4 Å². The lowest BCUT2D eigenvalue weighted by atomic mass is 9.92. The number of aryl methyl sites for hydroxylation is 1. The molecule has 10 heteroatoms. The molecule has 0 aliphatic carbocycles. The molecule has 1 fully saturated rings. The molecule has 1 aliphatic rings. The molecular formula is C16H14Cl2N4O4. The van der Waals surface area contributed by atoms with Gasteiger partial charge in [-0.15, -0.1) is 0 Å². The van der Waals surface area contributed by atoms with E-state index in [1.54, 1.807) is 19.1 Å². The van der Waals surface area contributed by atoms with Crippen molar-refractivity contribution in [3.63, 3.8) is 0 Å². The summed E-state index contributed by atoms with van der Waals surface area (Å²) < 4.78 is 4.84. The van der Waals surface area contributed by atoms with Crippen molar-refractivity contribution in [2.45, 2.75) is 19.4 Å². The van der Waals surface area contributed by atoms with Crippen LogP contribution < -0.4 is 10.6 Å². The number of amides is 4. The molecule has 1 aliphatic heterocycles. The number of urea groups is 1. The molecule has 2 aromatic rings. The minimum atomic E-state index is -1.40. The molecule has 3 rings (SSSR count). The van der Waals surface area contributed by atoms with Gasteiger partial charge < -0.3 is 15.2 Å². The Morgan fingerprint density at radius 1 is 1.35 bits per heavy atom. The largest absolute Gasteiger partial charge is 0.360 e. The average molecular weight is 397 g/mol. The van der Waals surface area contributed by atoms with E-state index in [-0.39, 0.29) is 10.8 Å². The minimum absolute atomic E-state index is 0.197. The van der Waals surface area contributed by atoms with Crippen molar-refractivity contribution in [3.8, 4) is 0 Å². The molecule has 2 heterocycles. The molecule has 136 valence electrons. The van der Waals surface area contributed by atoms with Crippen LogP contribution in [-0.2, 0) is 15.1 Å². The maximum absolute atomic E-state index is 12.8. The van der Waals surface area contributed by atoms with Gasteiger partial charge in [-0.2, -0.15) is 0 Å². The van der Waals surface area contributed by atoms with Gasteiger partial charge in [0.25, 0.3) is 5.91 Å². The molecule has 0 bridgehead atoms. The lowest BCUT2D eigenvalue weighted by Gasteiger charge is -2.23. The first-order chi connectivity index (χ1) is 12.2. The molecule has 4 amide bonds. The normalized spacial score (nSPS) is 19.6. The number of aromatic nitrogens is 1. The van der Waals surface area contributed by atoms with E-state index >= 15 is 0 Å². The minimum Gasteiger partial charge on any atom is -0.360 e. The van der Waals surface area contributed by atoms with E-state index in [0.29, 0.717) is 16.3 Å². The van der Waals surface area contributed by atoms with Gasteiger partial charge >= 0.3 is 6.03 Å². The summed E-state index contributed by atoms with van der Waals surface area (Å²) >= 11 is 12.0. The summed E-state index contributed by atoms with van der Waals surface area (Å²) in [6.45, 7) is 2.71. The number of imide groups is 1. The van der Waals surface area contributed by atoms with E-state index in [2.05, 4.69) is 15.8 Å². The summed E-state index contributed by atoms with van der Waals surface area (Å²) in [6.07, 6.45) is 0. The van der Waals surface area contributed by atoms with Gasteiger partial charge in [-0.05, 0) is 26.0 Å². The van der Waals surface area contributed by atoms with E-state index in [1.807, 2.05) is 0 Å². The average Bonchev–Trinajstić information content (AvgIpc) is 3.04. The van der Waals surface area contributed by atoms with Gasteiger partial charge in [-0.3, -0.25) is 14.5 Å². The van der Waals surface area contributed by atoms with Gasteiger partial charge in [0.05, 0.1) is 0 Å². The van der Waals surface area contributed by atoms with Crippen LogP contribution in [0.1, 0.15) is 18.2 Å². The summed E-state index contributed by atoms with van der Waals surface area (Å²) in [5.41, 5.74) is -1.01. The third-order valence-corrected chi connectivity index (χ3v) is 4.49. The first-order valence-corrected chi connectivity index (χ1v) is 8.29. The van der Waals surface area contributed by atoms with Crippen molar-refractivity contribution in [3.05, 3.63) is 45.6 Å². The smallest absolute Gasteiger partial charge is 0.325 e. The van der Waals surface area contributed by atoms with Crippen molar-refractivity contribution < 1.29 is 18.9 Å². The second-order valence-electron chi connectivity index (χ2n) is 5.94. The van der Waals surface area contributed by atoms with Crippen LogP contribution in [0.4, 0.5) is 10.6 Å². The summed E-state index contributed by atoms with van der Waals surface area (Å²) in [4.78, 5) is 38.0.